The molecule has 2 aromatic rings. The predicted octanol–water partition coefficient (Wildman–Crippen LogP) is 1.94. The molecule has 0 saturated carbocycles. The van der Waals surface area contributed by atoms with Gasteiger partial charge in [0.15, 0.2) is 0 Å². The van der Waals surface area contributed by atoms with E-state index in [1.54, 1.807) is 51.7 Å². The number of aryl methyl sites for hydroxylation is 1. The minimum Gasteiger partial charge on any atom is -0.497 e. The van der Waals surface area contributed by atoms with Crippen LogP contribution in [-0.2, 0) is 7.05 Å². The Balaban J connectivity index is 2.78. The zero-order valence-electron chi connectivity index (χ0n) is 11.5. The maximum absolute atomic E-state index is 12.0. The average molecular weight is 270 g/mol. The van der Waals surface area contributed by atoms with E-state index < -0.39 is 0 Å². The molecular weight excluding hydrogens is 256 g/mol. The fraction of sp³-hybridized carbons (Fsp3) is 0.200. The number of hydrogen-bond donors (Lipinski definition) is 0. The van der Waals surface area contributed by atoms with Crippen molar-refractivity contribution in [3.8, 4) is 28.7 Å². The Bertz CT molecular complexity index is 742. The summed E-state index contributed by atoms with van der Waals surface area (Å²) in [7, 11) is 4.70. The van der Waals surface area contributed by atoms with Crippen LogP contribution in [-0.4, -0.2) is 18.8 Å². The number of nitrogens with zero attached hydrogens (tertiary/aromatic N) is 2. The summed E-state index contributed by atoms with van der Waals surface area (Å²) in [6.45, 7) is 0. The zero-order valence-corrected chi connectivity index (χ0v) is 11.5. The van der Waals surface area contributed by atoms with Crippen molar-refractivity contribution in [2.24, 2.45) is 7.05 Å². The van der Waals surface area contributed by atoms with Crippen molar-refractivity contribution in [3.63, 3.8) is 0 Å². The first-order valence-corrected chi connectivity index (χ1v) is 5.94. The molecule has 102 valence electrons. The predicted molar refractivity (Wildman–Crippen MR) is 74.9 cm³/mol. The molecule has 0 aliphatic heterocycles. The first kappa shape index (κ1) is 13.7. The van der Waals surface area contributed by atoms with Crippen LogP contribution in [0.1, 0.15) is 5.56 Å². The normalized spacial score (nSPS) is 9.90. The van der Waals surface area contributed by atoms with Crippen molar-refractivity contribution < 1.29 is 9.47 Å². The Morgan fingerprint density at radius 2 is 1.90 bits per heavy atom. The molecule has 0 aliphatic rings. The molecule has 20 heavy (non-hydrogen) atoms. The Kier molecular flexibility index (Phi) is 3.76. The highest BCUT2D eigenvalue weighted by molar-refractivity contribution is 5.76. The second kappa shape index (κ2) is 5.49. The topological polar surface area (TPSA) is 64.2 Å². The number of pyridine rings is 1. The summed E-state index contributed by atoms with van der Waals surface area (Å²) in [6.07, 6.45) is 1.62. The number of methoxy groups -OCH3 is 2. The Labute approximate surface area is 116 Å². The maximum Gasteiger partial charge on any atom is 0.268 e. The molecule has 1 heterocycles. The Morgan fingerprint density at radius 3 is 2.50 bits per heavy atom. The van der Waals surface area contributed by atoms with Crippen LogP contribution in [0.25, 0.3) is 11.1 Å². The van der Waals surface area contributed by atoms with E-state index in [0.29, 0.717) is 22.6 Å². The molecule has 0 spiro atoms. The van der Waals surface area contributed by atoms with Gasteiger partial charge in [0, 0.05) is 24.4 Å². The van der Waals surface area contributed by atoms with Crippen molar-refractivity contribution in [2.75, 3.05) is 14.2 Å². The van der Waals surface area contributed by atoms with Gasteiger partial charge in [-0.2, -0.15) is 5.26 Å². The van der Waals surface area contributed by atoms with Crippen LogP contribution in [0.5, 0.6) is 11.5 Å². The van der Waals surface area contributed by atoms with Crippen LogP contribution in [0, 0.1) is 11.3 Å². The van der Waals surface area contributed by atoms with E-state index >= 15 is 0 Å². The van der Waals surface area contributed by atoms with Crippen molar-refractivity contribution in [1.82, 2.24) is 4.57 Å². The summed E-state index contributed by atoms with van der Waals surface area (Å²) in [5, 5.41) is 9.24. The lowest BCUT2D eigenvalue weighted by atomic mass is 10.0. The molecule has 0 atom stereocenters. The van der Waals surface area contributed by atoms with Crippen LogP contribution >= 0.6 is 0 Å². The van der Waals surface area contributed by atoms with Crippen molar-refractivity contribution in [1.29, 1.82) is 5.26 Å². The van der Waals surface area contributed by atoms with E-state index in [1.807, 2.05) is 6.07 Å². The third-order valence-corrected chi connectivity index (χ3v) is 3.08. The minimum absolute atomic E-state index is 0.0848. The summed E-state index contributed by atoms with van der Waals surface area (Å²) in [6, 6.07) is 8.93. The van der Waals surface area contributed by atoms with Gasteiger partial charge in [-0.05, 0) is 24.3 Å². The van der Waals surface area contributed by atoms with Gasteiger partial charge in [-0.3, -0.25) is 4.79 Å². The highest BCUT2D eigenvalue weighted by Crippen LogP contribution is 2.34. The summed E-state index contributed by atoms with van der Waals surface area (Å²) in [5.41, 5.74) is 0.934. The molecule has 5 heteroatoms. The lowest BCUT2D eigenvalue weighted by Gasteiger charge is -2.12. The van der Waals surface area contributed by atoms with Crippen molar-refractivity contribution in [2.45, 2.75) is 0 Å². The number of benzene rings is 1. The van der Waals surface area contributed by atoms with E-state index in [0.717, 1.165) is 0 Å². The minimum atomic E-state index is -0.338. The number of nitriles is 1. The summed E-state index contributed by atoms with van der Waals surface area (Å²) in [4.78, 5) is 12.0. The van der Waals surface area contributed by atoms with Crippen LogP contribution < -0.4 is 15.0 Å². The fourth-order valence-corrected chi connectivity index (χ4v) is 1.99. The standard InChI is InChI=1S/C15H14N2O3/c1-17-7-6-11(13(9-16)15(17)18)12-8-10(19-2)4-5-14(12)20-3/h4-8H,1-3H3. The molecule has 0 saturated heterocycles. The number of ether oxygens (including phenoxy) is 2. The third-order valence-electron chi connectivity index (χ3n) is 3.08. The molecule has 0 aliphatic carbocycles. The smallest absolute Gasteiger partial charge is 0.268 e. The number of hydrogen-bond acceptors (Lipinski definition) is 4. The van der Waals surface area contributed by atoms with Gasteiger partial charge in [0.25, 0.3) is 5.56 Å². The first-order valence-electron chi connectivity index (χ1n) is 5.94. The van der Waals surface area contributed by atoms with Crippen LogP contribution in [0.2, 0.25) is 0 Å². The molecule has 5 nitrogen and oxygen atoms in total. The molecule has 1 aromatic carbocycles. The van der Waals surface area contributed by atoms with Gasteiger partial charge in [0.1, 0.15) is 23.1 Å². The quantitative estimate of drug-likeness (QED) is 0.855. The van der Waals surface area contributed by atoms with E-state index in [2.05, 4.69) is 0 Å². The highest BCUT2D eigenvalue weighted by Gasteiger charge is 2.15. The van der Waals surface area contributed by atoms with Gasteiger partial charge >= 0.3 is 0 Å². The van der Waals surface area contributed by atoms with Gasteiger partial charge in [-0.15, -0.1) is 0 Å². The van der Waals surface area contributed by atoms with Crippen molar-refractivity contribution in [3.05, 3.63) is 46.4 Å². The SMILES string of the molecule is COc1ccc(OC)c(-c2ccn(C)c(=O)c2C#N)c1. The molecule has 0 unspecified atom stereocenters. The Hall–Kier alpha value is -2.74. The summed E-state index contributed by atoms with van der Waals surface area (Å²) in [5.74, 6) is 1.21. The van der Waals surface area contributed by atoms with E-state index in [9.17, 15) is 10.1 Å². The number of aromatic nitrogens is 1. The molecule has 0 radical (unpaired) electrons. The Morgan fingerprint density at radius 1 is 1.15 bits per heavy atom. The lowest BCUT2D eigenvalue weighted by molar-refractivity contribution is 0.404. The highest BCUT2D eigenvalue weighted by atomic mass is 16.5. The molecule has 0 amide bonds. The molecular formula is C15H14N2O3. The largest absolute Gasteiger partial charge is 0.497 e. The van der Waals surface area contributed by atoms with Gasteiger partial charge in [-0.25, -0.2) is 0 Å². The van der Waals surface area contributed by atoms with Gasteiger partial charge in [-0.1, -0.05) is 0 Å². The van der Waals surface area contributed by atoms with E-state index in [1.165, 1.54) is 4.57 Å². The van der Waals surface area contributed by atoms with E-state index in [-0.39, 0.29) is 11.1 Å². The summed E-state index contributed by atoms with van der Waals surface area (Å²) >= 11 is 0. The molecule has 0 N–H and O–H groups in total. The van der Waals surface area contributed by atoms with Crippen molar-refractivity contribution >= 4 is 0 Å². The third kappa shape index (κ3) is 2.24. The first-order chi connectivity index (χ1) is 9.62. The van der Waals surface area contributed by atoms with Gasteiger partial charge in [0.2, 0.25) is 0 Å². The monoisotopic (exact) mass is 270 g/mol. The average Bonchev–Trinajstić information content (AvgIpc) is 2.49. The van der Waals surface area contributed by atoms with E-state index in [4.69, 9.17) is 9.47 Å². The molecule has 1 aromatic heterocycles. The van der Waals surface area contributed by atoms with Crippen LogP contribution in [0.15, 0.2) is 35.3 Å². The second-order valence-corrected chi connectivity index (χ2v) is 4.20. The van der Waals surface area contributed by atoms with Gasteiger partial charge in [0.05, 0.1) is 14.2 Å². The summed E-state index contributed by atoms with van der Waals surface area (Å²) < 4.78 is 11.8. The second-order valence-electron chi connectivity index (χ2n) is 4.20. The molecule has 2 rings (SSSR count). The lowest BCUT2D eigenvalue weighted by Crippen LogP contribution is -2.19. The van der Waals surface area contributed by atoms with Gasteiger partial charge < -0.3 is 14.0 Å². The molecule has 0 fully saturated rings. The van der Waals surface area contributed by atoms with Crippen LogP contribution in [0.3, 0.4) is 0 Å². The zero-order chi connectivity index (χ0) is 14.7. The maximum atomic E-state index is 12.0. The fourth-order valence-electron chi connectivity index (χ4n) is 1.99. The molecule has 0 bridgehead atoms. The number of rotatable bonds is 3. The van der Waals surface area contributed by atoms with Crippen LogP contribution in [0.4, 0.5) is 0 Å².